The van der Waals surface area contributed by atoms with Gasteiger partial charge in [0.15, 0.2) is 0 Å². The summed E-state index contributed by atoms with van der Waals surface area (Å²) in [6, 6.07) is 5.20. The van der Waals surface area contributed by atoms with Gasteiger partial charge in [-0.05, 0) is 38.0 Å². The van der Waals surface area contributed by atoms with Crippen LogP contribution in [-0.4, -0.2) is 99.4 Å². The van der Waals surface area contributed by atoms with E-state index in [1.54, 1.807) is 18.9 Å². The van der Waals surface area contributed by atoms with Crippen molar-refractivity contribution in [3.05, 3.63) is 39.9 Å². The summed E-state index contributed by atoms with van der Waals surface area (Å²) in [5, 5.41) is 25.6. The molecule has 14 heteroatoms. The van der Waals surface area contributed by atoms with Gasteiger partial charge >= 0.3 is 12.1 Å². The molecule has 0 bridgehead atoms. The van der Waals surface area contributed by atoms with E-state index in [1.807, 2.05) is 0 Å². The second-order valence-corrected chi connectivity index (χ2v) is 10.8. The van der Waals surface area contributed by atoms with Gasteiger partial charge in [0.1, 0.15) is 12.7 Å². The van der Waals surface area contributed by atoms with Gasteiger partial charge in [-0.25, -0.2) is 9.80 Å². The Morgan fingerprint density at radius 3 is 2.66 bits per heavy atom. The van der Waals surface area contributed by atoms with E-state index >= 15 is 0 Å². The molecule has 3 unspecified atom stereocenters. The predicted octanol–water partition coefficient (Wildman–Crippen LogP) is 1.04. The van der Waals surface area contributed by atoms with Crippen molar-refractivity contribution in [1.82, 2.24) is 20.7 Å². The minimum Gasteiger partial charge on any atom is -0.461 e. The van der Waals surface area contributed by atoms with Crippen LogP contribution < -0.4 is 10.7 Å². The van der Waals surface area contributed by atoms with Crippen molar-refractivity contribution >= 4 is 35.4 Å². The molecule has 2 saturated heterocycles. The molecule has 0 aliphatic carbocycles. The normalized spacial score (nSPS) is 23.4. The van der Waals surface area contributed by atoms with Crippen molar-refractivity contribution in [3.63, 3.8) is 0 Å². The lowest BCUT2D eigenvalue weighted by atomic mass is 10.1. The maximum absolute atomic E-state index is 12.9. The Morgan fingerprint density at radius 2 is 2.00 bits per heavy atom. The molecule has 210 valence electrons. The molecule has 13 nitrogen and oxygen atoms in total. The van der Waals surface area contributed by atoms with Gasteiger partial charge in [-0.1, -0.05) is 0 Å². The second-order valence-electron chi connectivity index (χ2n) is 9.40. The van der Waals surface area contributed by atoms with Crippen LogP contribution in [0.25, 0.3) is 0 Å². The van der Waals surface area contributed by atoms with Crippen LogP contribution >= 0.6 is 11.8 Å². The molecule has 0 spiro atoms. The van der Waals surface area contributed by atoms with Gasteiger partial charge in [-0.3, -0.25) is 25.1 Å². The minimum absolute atomic E-state index is 0.0515. The highest BCUT2D eigenvalue weighted by Crippen LogP contribution is 2.25. The van der Waals surface area contributed by atoms with Crippen LogP contribution in [0.15, 0.2) is 24.3 Å². The van der Waals surface area contributed by atoms with E-state index < -0.39 is 28.5 Å². The van der Waals surface area contributed by atoms with Gasteiger partial charge in [0.25, 0.3) is 5.69 Å². The zero-order chi connectivity index (χ0) is 27.8. The van der Waals surface area contributed by atoms with Crippen molar-refractivity contribution in [2.45, 2.75) is 63.3 Å². The SMILES string of the molecule is CC(=O)OC(C)C1CNCCN1NC(=O)C(C)SC[C@@H]1C[C@H](O)CN1C(=O)OCc1ccc([N+](=O)[O-])cc1. The summed E-state index contributed by atoms with van der Waals surface area (Å²) in [5.41, 5.74) is 3.49. The van der Waals surface area contributed by atoms with Crippen molar-refractivity contribution in [2.24, 2.45) is 0 Å². The Balaban J connectivity index is 1.49. The van der Waals surface area contributed by atoms with Gasteiger partial charge in [0, 0.05) is 50.5 Å². The number of piperazine rings is 1. The number of thioether (sulfide) groups is 1. The van der Waals surface area contributed by atoms with Gasteiger partial charge in [-0.15, -0.1) is 11.8 Å². The van der Waals surface area contributed by atoms with Gasteiger partial charge in [-0.2, -0.15) is 0 Å². The summed E-state index contributed by atoms with van der Waals surface area (Å²) in [6.07, 6.45) is -1.32. The van der Waals surface area contributed by atoms with Crippen molar-refractivity contribution < 1.29 is 33.9 Å². The van der Waals surface area contributed by atoms with E-state index in [2.05, 4.69) is 10.7 Å². The Hall–Kier alpha value is -2.94. The maximum Gasteiger partial charge on any atom is 0.410 e. The number of benzene rings is 1. The maximum atomic E-state index is 12.9. The number of nitrogens with zero attached hydrogens (tertiary/aromatic N) is 3. The van der Waals surface area contributed by atoms with Gasteiger partial charge < -0.3 is 24.8 Å². The number of rotatable bonds is 10. The summed E-state index contributed by atoms with van der Waals surface area (Å²) in [5.74, 6) is -0.164. The molecule has 0 aromatic heterocycles. The number of carbonyl (C=O) groups excluding carboxylic acids is 3. The second kappa shape index (κ2) is 13.7. The number of aliphatic hydroxyl groups is 1. The minimum atomic E-state index is -0.693. The molecule has 5 atom stereocenters. The van der Waals surface area contributed by atoms with Crippen molar-refractivity contribution in [1.29, 1.82) is 0 Å². The number of hydrogen-bond acceptors (Lipinski definition) is 11. The molecule has 2 heterocycles. The Labute approximate surface area is 225 Å². The number of nitro groups is 1. The molecule has 0 saturated carbocycles. The van der Waals surface area contributed by atoms with Crippen LogP contribution in [0.1, 0.15) is 32.8 Å². The average Bonchev–Trinajstić information content (AvgIpc) is 3.26. The monoisotopic (exact) mass is 553 g/mol. The fraction of sp³-hybridized carbons (Fsp3) is 0.625. The first-order valence-corrected chi connectivity index (χ1v) is 13.5. The first-order chi connectivity index (χ1) is 18.0. The number of hydrazine groups is 1. The standard InChI is InChI=1S/C24H35N5O8S/c1-15(37-17(3)30)22-11-25-8-9-28(22)26-23(32)16(2)38-14-20-10-21(31)12-27(20)24(33)36-13-18-4-6-19(7-5-18)29(34)35/h4-7,15-16,20-22,25,31H,8-14H2,1-3H3,(H,26,32)/t15?,16?,20-,21-,22?/m0/s1. The topological polar surface area (TPSA) is 164 Å². The highest BCUT2D eigenvalue weighted by Gasteiger charge is 2.36. The zero-order valence-electron chi connectivity index (χ0n) is 21.7. The third-order valence-corrected chi connectivity index (χ3v) is 7.77. The number of esters is 1. The van der Waals surface area contributed by atoms with E-state index in [9.17, 15) is 29.6 Å². The summed E-state index contributed by atoms with van der Waals surface area (Å²) < 4.78 is 10.7. The van der Waals surface area contributed by atoms with E-state index in [0.717, 1.165) is 0 Å². The van der Waals surface area contributed by atoms with Crippen LogP contribution in [0.4, 0.5) is 10.5 Å². The van der Waals surface area contributed by atoms with Gasteiger partial charge in [0.2, 0.25) is 5.91 Å². The molecule has 0 radical (unpaired) electrons. The third-order valence-electron chi connectivity index (χ3n) is 6.47. The Bertz CT molecular complexity index is 997. The third kappa shape index (κ3) is 8.28. The van der Waals surface area contributed by atoms with Crippen LogP contribution in [0, 0.1) is 10.1 Å². The van der Waals surface area contributed by atoms with Crippen LogP contribution in [-0.2, 0) is 25.7 Å². The fourth-order valence-electron chi connectivity index (χ4n) is 4.40. The number of nitro benzene ring substituents is 1. The lowest BCUT2D eigenvalue weighted by molar-refractivity contribution is -0.384. The van der Waals surface area contributed by atoms with Crippen molar-refractivity contribution in [2.75, 3.05) is 31.9 Å². The molecule has 1 aromatic rings. The number of non-ortho nitro benzene ring substituents is 1. The summed E-state index contributed by atoms with van der Waals surface area (Å²) >= 11 is 1.37. The molecular weight excluding hydrogens is 518 g/mol. The first kappa shape index (κ1) is 29.6. The molecule has 3 N–H and O–H groups in total. The molecule has 3 rings (SSSR count). The number of nitrogens with one attached hydrogen (secondary N) is 2. The smallest absolute Gasteiger partial charge is 0.410 e. The quantitative estimate of drug-likeness (QED) is 0.215. The Morgan fingerprint density at radius 1 is 1.29 bits per heavy atom. The van der Waals surface area contributed by atoms with E-state index in [-0.39, 0.29) is 42.8 Å². The number of hydrogen-bond donors (Lipinski definition) is 3. The molecular formula is C24H35N5O8S. The number of amides is 2. The molecule has 2 amide bonds. The lowest BCUT2D eigenvalue weighted by Crippen LogP contribution is -2.62. The summed E-state index contributed by atoms with van der Waals surface area (Å²) in [4.78, 5) is 48.7. The van der Waals surface area contributed by atoms with E-state index in [4.69, 9.17) is 9.47 Å². The highest BCUT2D eigenvalue weighted by atomic mass is 32.2. The van der Waals surface area contributed by atoms with E-state index in [1.165, 1.54) is 47.9 Å². The number of ether oxygens (including phenoxy) is 2. The fourth-order valence-corrected chi connectivity index (χ4v) is 5.43. The number of carbonyl (C=O) groups is 3. The number of aliphatic hydroxyl groups excluding tert-OH is 1. The lowest BCUT2D eigenvalue weighted by Gasteiger charge is -2.39. The largest absolute Gasteiger partial charge is 0.461 e. The van der Waals surface area contributed by atoms with Gasteiger partial charge in [0.05, 0.1) is 28.9 Å². The first-order valence-electron chi connectivity index (χ1n) is 12.5. The molecule has 2 fully saturated rings. The molecule has 38 heavy (non-hydrogen) atoms. The van der Waals surface area contributed by atoms with Crippen molar-refractivity contribution in [3.8, 4) is 0 Å². The number of likely N-dealkylation sites (tertiary alicyclic amines) is 1. The zero-order valence-corrected chi connectivity index (χ0v) is 22.5. The molecule has 2 aliphatic heterocycles. The molecule has 1 aromatic carbocycles. The molecule has 2 aliphatic rings. The van der Waals surface area contributed by atoms with Crippen LogP contribution in [0.5, 0.6) is 0 Å². The predicted molar refractivity (Wildman–Crippen MR) is 139 cm³/mol. The van der Waals surface area contributed by atoms with Crippen LogP contribution in [0.2, 0.25) is 0 Å². The van der Waals surface area contributed by atoms with E-state index in [0.29, 0.717) is 37.4 Å². The number of β-amino-alcohol motifs (C(OH)–C–C–N with tert-alkyl or cyclic N) is 1. The Kier molecular flexibility index (Phi) is 10.7. The summed E-state index contributed by atoms with van der Waals surface area (Å²) in [7, 11) is 0. The highest BCUT2D eigenvalue weighted by molar-refractivity contribution is 8.00. The average molecular weight is 554 g/mol. The summed E-state index contributed by atoms with van der Waals surface area (Å²) in [6.45, 7) is 6.79. The van der Waals surface area contributed by atoms with Crippen LogP contribution in [0.3, 0.4) is 0 Å².